The number of aromatic nitrogens is 1. The topological polar surface area (TPSA) is 62.2 Å². The molecule has 1 aromatic heterocycles. The van der Waals surface area contributed by atoms with Gasteiger partial charge in [0, 0.05) is 19.2 Å². The summed E-state index contributed by atoms with van der Waals surface area (Å²) < 4.78 is 13.6. The number of aryl methyl sites for hydroxylation is 1. The van der Waals surface area contributed by atoms with Crippen LogP contribution in [0.25, 0.3) is 0 Å². The van der Waals surface area contributed by atoms with Crippen molar-refractivity contribution in [3.05, 3.63) is 65.2 Å². The Morgan fingerprint density at radius 3 is 2.84 bits per heavy atom. The third-order valence-electron chi connectivity index (χ3n) is 4.52. The molecule has 1 fully saturated rings. The molecular weight excluding hydrogens is 319 g/mol. The molecule has 5 heteroatoms. The minimum atomic E-state index is -0.676. The number of carbonyl (C=O) groups is 1. The van der Waals surface area contributed by atoms with E-state index in [9.17, 15) is 14.3 Å². The van der Waals surface area contributed by atoms with Crippen LogP contribution in [0.15, 0.2) is 42.6 Å². The minimum Gasteiger partial charge on any atom is -0.393 e. The molecule has 1 saturated carbocycles. The summed E-state index contributed by atoms with van der Waals surface area (Å²) in [6, 6.07) is 10.0. The maximum atomic E-state index is 13.6. The van der Waals surface area contributed by atoms with Crippen LogP contribution in [0.5, 0.6) is 0 Å². The summed E-state index contributed by atoms with van der Waals surface area (Å²) in [5.74, 6) is 0.208. The molecule has 1 amide bonds. The predicted octanol–water partition coefficient (Wildman–Crippen LogP) is 2.90. The summed E-state index contributed by atoms with van der Waals surface area (Å²) in [5.41, 5.74) is 1.68. The van der Waals surface area contributed by atoms with Crippen LogP contribution >= 0.6 is 0 Å². The Hall–Kier alpha value is -2.27. The fraction of sp³-hybridized carbons (Fsp3) is 0.400. The van der Waals surface area contributed by atoms with Gasteiger partial charge in [0.15, 0.2) is 0 Å². The van der Waals surface area contributed by atoms with Gasteiger partial charge in [0.25, 0.3) is 5.91 Å². The maximum absolute atomic E-state index is 13.6. The Balaban J connectivity index is 1.57. The van der Waals surface area contributed by atoms with Crippen molar-refractivity contribution in [2.75, 3.05) is 6.54 Å². The first-order valence-electron chi connectivity index (χ1n) is 8.77. The smallest absolute Gasteiger partial charge is 0.253 e. The molecule has 0 radical (unpaired) electrons. The SMILES string of the molecule is O=C(NCC1CC1)c1cccnc1CC(O)CCc1ccccc1F. The molecule has 1 aliphatic carbocycles. The van der Waals surface area contributed by atoms with Crippen LogP contribution in [0.1, 0.15) is 40.9 Å². The van der Waals surface area contributed by atoms with E-state index in [1.54, 1.807) is 36.5 Å². The first-order valence-corrected chi connectivity index (χ1v) is 8.77. The van der Waals surface area contributed by atoms with Crippen molar-refractivity contribution >= 4 is 5.91 Å². The molecule has 0 saturated heterocycles. The van der Waals surface area contributed by atoms with Crippen molar-refractivity contribution in [2.45, 2.75) is 38.2 Å². The number of pyridine rings is 1. The fourth-order valence-corrected chi connectivity index (χ4v) is 2.81. The number of halogens is 1. The van der Waals surface area contributed by atoms with Gasteiger partial charge in [-0.05, 0) is 55.4 Å². The lowest BCUT2D eigenvalue weighted by molar-refractivity contribution is 0.0949. The van der Waals surface area contributed by atoms with Crippen LogP contribution in [-0.2, 0) is 12.8 Å². The molecule has 2 N–H and O–H groups in total. The number of rotatable bonds is 8. The maximum Gasteiger partial charge on any atom is 0.253 e. The van der Waals surface area contributed by atoms with Gasteiger partial charge in [0.2, 0.25) is 0 Å². The number of nitrogens with one attached hydrogen (secondary N) is 1. The van der Waals surface area contributed by atoms with Gasteiger partial charge in [0.1, 0.15) is 5.82 Å². The molecule has 1 unspecified atom stereocenters. The standard InChI is InChI=1S/C20H23FN2O2/c21-18-6-2-1-4-15(18)9-10-16(24)12-19-17(5-3-11-22-19)20(25)23-13-14-7-8-14/h1-6,11,14,16,24H,7-10,12-13H2,(H,23,25). The highest BCUT2D eigenvalue weighted by Crippen LogP contribution is 2.27. The Labute approximate surface area is 147 Å². The van der Waals surface area contributed by atoms with E-state index in [0.717, 1.165) is 0 Å². The van der Waals surface area contributed by atoms with E-state index in [1.807, 2.05) is 0 Å². The normalized spacial score (nSPS) is 15.0. The van der Waals surface area contributed by atoms with E-state index in [1.165, 1.54) is 18.9 Å². The third-order valence-corrected chi connectivity index (χ3v) is 4.52. The zero-order chi connectivity index (χ0) is 17.6. The summed E-state index contributed by atoms with van der Waals surface area (Å²) in [6.45, 7) is 0.697. The van der Waals surface area contributed by atoms with Crippen molar-refractivity contribution in [2.24, 2.45) is 5.92 Å². The van der Waals surface area contributed by atoms with E-state index in [0.29, 0.717) is 42.1 Å². The second kappa shape index (κ2) is 8.21. The number of aliphatic hydroxyl groups excluding tert-OH is 1. The zero-order valence-electron chi connectivity index (χ0n) is 14.1. The summed E-state index contributed by atoms with van der Waals surface area (Å²) in [5, 5.41) is 13.2. The summed E-state index contributed by atoms with van der Waals surface area (Å²) in [4.78, 5) is 16.6. The van der Waals surface area contributed by atoms with E-state index in [-0.39, 0.29) is 18.1 Å². The van der Waals surface area contributed by atoms with Crippen LogP contribution in [-0.4, -0.2) is 28.6 Å². The number of hydrogen-bond donors (Lipinski definition) is 2. The van der Waals surface area contributed by atoms with Gasteiger partial charge < -0.3 is 10.4 Å². The number of benzene rings is 1. The molecule has 2 aromatic rings. The second-order valence-corrected chi connectivity index (χ2v) is 6.64. The highest BCUT2D eigenvalue weighted by Gasteiger charge is 2.23. The van der Waals surface area contributed by atoms with Crippen LogP contribution in [0.2, 0.25) is 0 Å². The van der Waals surface area contributed by atoms with Crippen LogP contribution in [0.4, 0.5) is 4.39 Å². The largest absolute Gasteiger partial charge is 0.393 e. The lowest BCUT2D eigenvalue weighted by atomic mass is 10.0. The van der Waals surface area contributed by atoms with E-state index >= 15 is 0 Å². The molecular formula is C20H23FN2O2. The number of nitrogens with zero attached hydrogens (tertiary/aromatic N) is 1. The first-order chi connectivity index (χ1) is 12.1. The molecule has 1 aliphatic rings. The molecule has 3 rings (SSSR count). The highest BCUT2D eigenvalue weighted by atomic mass is 19.1. The molecule has 1 heterocycles. The Bertz CT molecular complexity index is 731. The highest BCUT2D eigenvalue weighted by molar-refractivity contribution is 5.95. The quantitative estimate of drug-likeness (QED) is 0.775. The number of carbonyl (C=O) groups excluding carboxylic acids is 1. The van der Waals surface area contributed by atoms with Gasteiger partial charge in [-0.25, -0.2) is 4.39 Å². The molecule has 0 bridgehead atoms. The van der Waals surface area contributed by atoms with Gasteiger partial charge in [-0.2, -0.15) is 0 Å². The van der Waals surface area contributed by atoms with Gasteiger partial charge in [-0.15, -0.1) is 0 Å². The van der Waals surface area contributed by atoms with Crippen molar-refractivity contribution in [3.8, 4) is 0 Å². The summed E-state index contributed by atoms with van der Waals surface area (Å²) >= 11 is 0. The first kappa shape index (κ1) is 17.5. The number of aliphatic hydroxyl groups is 1. The van der Waals surface area contributed by atoms with Gasteiger partial charge in [-0.3, -0.25) is 9.78 Å². The average Bonchev–Trinajstić information content (AvgIpc) is 3.44. The molecule has 4 nitrogen and oxygen atoms in total. The molecule has 1 aromatic carbocycles. The van der Waals surface area contributed by atoms with Gasteiger partial charge in [-0.1, -0.05) is 18.2 Å². The Morgan fingerprint density at radius 1 is 1.28 bits per heavy atom. The van der Waals surface area contributed by atoms with E-state index < -0.39 is 6.10 Å². The molecule has 132 valence electrons. The molecule has 1 atom stereocenters. The van der Waals surface area contributed by atoms with Crippen LogP contribution in [0.3, 0.4) is 0 Å². The van der Waals surface area contributed by atoms with Crippen molar-refractivity contribution in [3.63, 3.8) is 0 Å². The molecule has 0 spiro atoms. The average molecular weight is 342 g/mol. The molecule has 25 heavy (non-hydrogen) atoms. The Morgan fingerprint density at radius 2 is 2.08 bits per heavy atom. The van der Waals surface area contributed by atoms with Crippen molar-refractivity contribution in [1.82, 2.24) is 10.3 Å². The third kappa shape index (κ3) is 5.10. The summed E-state index contributed by atoms with van der Waals surface area (Å²) in [7, 11) is 0. The number of amides is 1. The van der Waals surface area contributed by atoms with E-state index in [4.69, 9.17) is 0 Å². The Kier molecular flexibility index (Phi) is 5.76. The number of hydrogen-bond acceptors (Lipinski definition) is 3. The van der Waals surface area contributed by atoms with Crippen molar-refractivity contribution in [1.29, 1.82) is 0 Å². The minimum absolute atomic E-state index is 0.142. The van der Waals surface area contributed by atoms with Crippen LogP contribution in [0, 0.1) is 11.7 Å². The zero-order valence-corrected chi connectivity index (χ0v) is 14.1. The van der Waals surface area contributed by atoms with E-state index in [2.05, 4.69) is 10.3 Å². The molecule has 0 aliphatic heterocycles. The van der Waals surface area contributed by atoms with Crippen LogP contribution < -0.4 is 5.32 Å². The fourth-order valence-electron chi connectivity index (χ4n) is 2.81. The lowest BCUT2D eigenvalue weighted by Gasteiger charge is -2.13. The monoisotopic (exact) mass is 342 g/mol. The lowest BCUT2D eigenvalue weighted by Crippen LogP contribution is -2.27. The second-order valence-electron chi connectivity index (χ2n) is 6.64. The van der Waals surface area contributed by atoms with Gasteiger partial charge in [0.05, 0.1) is 17.4 Å². The predicted molar refractivity (Wildman–Crippen MR) is 93.7 cm³/mol. The van der Waals surface area contributed by atoms with Gasteiger partial charge >= 0.3 is 0 Å². The summed E-state index contributed by atoms with van der Waals surface area (Å²) in [6.07, 6.45) is 4.44. The van der Waals surface area contributed by atoms with Crippen molar-refractivity contribution < 1.29 is 14.3 Å².